The number of nitrogens with zero attached hydrogens (tertiary/aromatic N) is 1. The summed E-state index contributed by atoms with van der Waals surface area (Å²) in [5, 5.41) is 21.4. The van der Waals surface area contributed by atoms with Gasteiger partial charge in [0.1, 0.15) is 12.8 Å². The topological polar surface area (TPSA) is 229 Å². The Labute approximate surface area is 271 Å². The number of carboxylic acids is 1. The standard InChI is InChI=1S/C31H40N6O10/c38-23(9-5-2-6-14-37-27(42)12-13-28(37)43)32-16-24(39)33-18-26(41)36-22(15-20-7-3-1-4-8-20)30(44)34-17-25(40)35-19-47-29(31(45)46)21-10-11-21/h1,3-4,7-8,12-13,21-22,29H,2,5-6,9-11,14-19H2,(H,32,38)(H,33,39)(H,34,44)(H,35,40)(H,36,41)(H,45,46)/t22-,29+/m0/s1. The van der Waals surface area contributed by atoms with E-state index >= 15 is 0 Å². The molecule has 0 radical (unpaired) electrons. The molecule has 1 aromatic carbocycles. The first-order valence-corrected chi connectivity index (χ1v) is 15.3. The molecular formula is C31H40N6O10. The number of carboxylic acid groups (broad SMARTS) is 1. The van der Waals surface area contributed by atoms with Crippen molar-refractivity contribution in [3.8, 4) is 0 Å². The van der Waals surface area contributed by atoms with E-state index in [4.69, 9.17) is 4.74 Å². The number of aliphatic carboxylic acids is 1. The number of hydrogen-bond donors (Lipinski definition) is 6. The smallest absolute Gasteiger partial charge is 0.333 e. The van der Waals surface area contributed by atoms with E-state index in [1.165, 1.54) is 12.2 Å². The van der Waals surface area contributed by atoms with Gasteiger partial charge in [-0.15, -0.1) is 0 Å². The summed E-state index contributed by atoms with van der Waals surface area (Å²) < 4.78 is 5.23. The molecule has 3 rings (SSSR count). The predicted molar refractivity (Wildman–Crippen MR) is 164 cm³/mol. The zero-order valence-electron chi connectivity index (χ0n) is 25.8. The Morgan fingerprint density at radius 3 is 2.06 bits per heavy atom. The number of nitrogens with one attached hydrogen (secondary N) is 5. The van der Waals surface area contributed by atoms with Gasteiger partial charge in [0.2, 0.25) is 29.5 Å². The molecule has 254 valence electrons. The fourth-order valence-corrected chi connectivity index (χ4v) is 4.57. The van der Waals surface area contributed by atoms with Gasteiger partial charge in [0.05, 0.1) is 19.6 Å². The zero-order valence-corrected chi connectivity index (χ0v) is 25.8. The minimum atomic E-state index is -1.11. The Bertz CT molecular complexity index is 1330. The molecule has 1 aliphatic carbocycles. The number of ether oxygens (including phenoxy) is 1. The van der Waals surface area contributed by atoms with Crippen LogP contribution in [0.25, 0.3) is 0 Å². The molecule has 1 aromatic rings. The lowest BCUT2D eigenvalue weighted by atomic mass is 10.1. The van der Waals surface area contributed by atoms with Crippen molar-refractivity contribution < 1.29 is 48.2 Å². The van der Waals surface area contributed by atoms with Gasteiger partial charge in [0.15, 0.2) is 6.10 Å². The number of hydrogen-bond acceptors (Lipinski definition) is 9. The Morgan fingerprint density at radius 2 is 1.40 bits per heavy atom. The zero-order chi connectivity index (χ0) is 34.2. The lowest BCUT2D eigenvalue weighted by molar-refractivity contribution is -0.153. The fourth-order valence-electron chi connectivity index (χ4n) is 4.57. The number of imide groups is 1. The van der Waals surface area contributed by atoms with Crippen molar-refractivity contribution in [2.75, 3.05) is 32.9 Å². The van der Waals surface area contributed by atoms with Gasteiger partial charge in [-0.3, -0.25) is 38.5 Å². The van der Waals surface area contributed by atoms with E-state index in [1.807, 2.05) is 0 Å². The van der Waals surface area contributed by atoms with Crippen molar-refractivity contribution in [3.05, 3.63) is 48.0 Å². The summed E-state index contributed by atoms with van der Waals surface area (Å²) in [6, 6.07) is 7.73. The summed E-state index contributed by atoms with van der Waals surface area (Å²) in [5.74, 6) is -4.85. The molecule has 0 saturated heterocycles. The number of unbranched alkanes of at least 4 members (excludes halogenated alkanes) is 2. The second-order valence-electron chi connectivity index (χ2n) is 11.1. The highest BCUT2D eigenvalue weighted by molar-refractivity contribution is 6.12. The van der Waals surface area contributed by atoms with E-state index in [-0.39, 0.29) is 56.3 Å². The highest BCUT2D eigenvalue weighted by atomic mass is 16.5. The molecule has 16 heteroatoms. The van der Waals surface area contributed by atoms with Gasteiger partial charge >= 0.3 is 5.97 Å². The van der Waals surface area contributed by atoms with Gasteiger partial charge in [0.25, 0.3) is 11.8 Å². The number of rotatable bonds is 21. The molecule has 47 heavy (non-hydrogen) atoms. The van der Waals surface area contributed by atoms with E-state index in [0.717, 1.165) is 23.3 Å². The second-order valence-corrected chi connectivity index (χ2v) is 11.1. The summed E-state index contributed by atoms with van der Waals surface area (Å²) in [6.07, 6.45) is 4.77. The number of carbonyl (C=O) groups is 8. The van der Waals surface area contributed by atoms with E-state index in [9.17, 15) is 43.5 Å². The van der Waals surface area contributed by atoms with Gasteiger partial charge in [-0.25, -0.2) is 4.79 Å². The maximum Gasteiger partial charge on any atom is 0.333 e. The summed E-state index contributed by atoms with van der Waals surface area (Å²) in [5.41, 5.74) is 0.729. The lowest BCUT2D eigenvalue weighted by Gasteiger charge is -2.19. The second kappa shape index (κ2) is 18.8. The largest absolute Gasteiger partial charge is 0.479 e. The third kappa shape index (κ3) is 13.4. The minimum Gasteiger partial charge on any atom is -0.479 e. The van der Waals surface area contributed by atoms with Crippen LogP contribution in [0.1, 0.15) is 44.1 Å². The van der Waals surface area contributed by atoms with Crippen LogP contribution in [-0.2, 0) is 49.5 Å². The molecule has 1 fully saturated rings. The van der Waals surface area contributed by atoms with Crippen molar-refractivity contribution in [1.82, 2.24) is 31.5 Å². The highest BCUT2D eigenvalue weighted by Gasteiger charge is 2.37. The van der Waals surface area contributed by atoms with Crippen molar-refractivity contribution >= 4 is 47.3 Å². The maximum absolute atomic E-state index is 12.9. The molecule has 0 unspecified atom stereocenters. The van der Waals surface area contributed by atoms with Crippen molar-refractivity contribution in [2.45, 2.75) is 57.1 Å². The molecule has 6 N–H and O–H groups in total. The molecule has 1 saturated carbocycles. The SMILES string of the molecule is O=C(CCCCCN1C(=O)C=CC1=O)NCC(=O)NCC(=O)N[C@@H](Cc1ccccc1)C(=O)NCC(=O)NCO[C@@H](C(=O)O)C1CC1. The Morgan fingerprint density at radius 1 is 0.787 bits per heavy atom. The van der Waals surface area contributed by atoms with Crippen LogP contribution in [-0.4, -0.2) is 102 Å². The molecule has 1 aliphatic heterocycles. The summed E-state index contributed by atoms with van der Waals surface area (Å²) in [7, 11) is 0. The van der Waals surface area contributed by atoms with Gasteiger partial charge in [-0.1, -0.05) is 36.8 Å². The van der Waals surface area contributed by atoms with Crippen LogP contribution in [0.15, 0.2) is 42.5 Å². The first kappa shape index (κ1) is 36.3. The molecule has 0 aromatic heterocycles. The van der Waals surface area contributed by atoms with Gasteiger partial charge in [-0.2, -0.15) is 0 Å². The third-order valence-corrected chi connectivity index (χ3v) is 7.26. The monoisotopic (exact) mass is 656 g/mol. The van der Waals surface area contributed by atoms with Crippen LogP contribution in [0, 0.1) is 5.92 Å². The number of benzene rings is 1. The van der Waals surface area contributed by atoms with Crippen LogP contribution >= 0.6 is 0 Å². The molecule has 2 atom stereocenters. The lowest BCUT2D eigenvalue weighted by Crippen LogP contribution is -2.52. The van der Waals surface area contributed by atoms with Crippen LogP contribution in [0.4, 0.5) is 0 Å². The first-order chi connectivity index (χ1) is 22.5. The first-order valence-electron chi connectivity index (χ1n) is 15.3. The van der Waals surface area contributed by atoms with Crippen LogP contribution < -0.4 is 26.6 Å². The van der Waals surface area contributed by atoms with Crippen LogP contribution in [0.3, 0.4) is 0 Å². The fraction of sp³-hybridized carbons (Fsp3) is 0.484. The summed E-state index contributed by atoms with van der Waals surface area (Å²) in [4.78, 5) is 97.4. The third-order valence-electron chi connectivity index (χ3n) is 7.26. The number of carbonyl (C=O) groups excluding carboxylic acids is 7. The van der Waals surface area contributed by atoms with Crippen LogP contribution in [0.2, 0.25) is 0 Å². The Balaban J connectivity index is 1.34. The molecule has 1 heterocycles. The molecule has 7 amide bonds. The van der Waals surface area contributed by atoms with Gasteiger partial charge < -0.3 is 36.4 Å². The quantitative estimate of drug-likeness (QED) is 0.0510. The maximum atomic E-state index is 12.9. The van der Waals surface area contributed by atoms with Gasteiger partial charge in [-0.05, 0) is 37.2 Å². The molecule has 16 nitrogen and oxygen atoms in total. The van der Waals surface area contributed by atoms with Crippen molar-refractivity contribution in [1.29, 1.82) is 0 Å². The molecule has 2 aliphatic rings. The van der Waals surface area contributed by atoms with Crippen LogP contribution in [0.5, 0.6) is 0 Å². The highest BCUT2D eigenvalue weighted by Crippen LogP contribution is 2.34. The molecular weight excluding hydrogens is 616 g/mol. The van der Waals surface area contributed by atoms with E-state index < -0.39 is 54.8 Å². The summed E-state index contributed by atoms with van der Waals surface area (Å²) >= 11 is 0. The van der Waals surface area contributed by atoms with Gasteiger partial charge in [0, 0.05) is 31.5 Å². The van der Waals surface area contributed by atoms with E-state index in [2.05, 4.69) is 26.6 Å². The van der Waals surface area contributed by atoms with Crippen molar-refractivity contribution in [3.63, 3.8) is 0 Å². The number of amides is 7. The minimum absolute atomic E-state index is 0.0797. The van der Waals surface area contributed by atoms with E-state index in [0.29, 0.717) is 19.3 Å². The average molecular weight is 657 g/mol. The molecule has 0 bridgehead atoms. The van der Waals surface area contributed by atoms with Crippen molar-refractivity contribution in [2.24, 2.45) is 5.92 Å². The molecule has 0 spiro atoms. The van der Waals surface area contributed by atoms with E-state index in [1.54, 1.807) is 30.3 Å². The summed E-state index contributed by atoms with van der Waals surface area (Å²) in [6.45, 7) is -1.35. The Kier molecular flexibility index (Phi) is 14.5. The normalized spacial score (nSPS) is 15.0. The predicted octanol–water partition coefficient (Wildman–Crippen LogP) is -1.50. The Hall–Kier alpha value is -5.12. The average Bonchev–Trinajstić information content (AvgIpc) is 3.84.